The molecule has 10 heteroatoms. The van der Waals surface area contributed by atoms with Crippen LogP contribution in [0.5, 0.6) is 0 Å². The number of halogens is 1. The van der Waals surface area contributed by atoms with Crippen molar-refractivity contribution in [2.24, 2.45) is 5.92 Å². The molecule has 0 aliphatic rings. The standard InChI is InChI=1S/C23H28FN5O3S/c1-4-5-9-28(19-20(25)29(12-14(2)3)23(32)27-21(19)31)18(30)11-17-13-33-22(26-17)15-7-6-8-16(24)10-15/h6-8,10,13-14H,4-5,9,11-12,25H2,1-3H3,(H,27,31,32). The van der Waals surface area contributed by atoms with Crippen molar-refractivity contribution in [3.05, 3.63) is 62.0 Å². The van der Waals surface area contributed by atoms with Gasteiger partial charge in [-0.3, -0.25) is 19.1 Å². The summed E-state index contributed by atoms with van der Waals surface area (Å²) in [7, 11) is 0. The van der Waals surface area contributed by atoms with Crippen LogP contribution in [0.25, 0.3) is 10.6 Å². The minimum absolute atomic E-state index is 0.0192. The number of nitrogen functional groups attached to an aromatic ring is 1. The first-order valence-corrected chi connectivity index (χ1v) is 11.7. The molecule has 3 rings (SSSR count). The van der Waals surface area contributed by atoms with Crippen molar-refractivity contribution in [3.63, 3.8) is 0 Å². The normalized spacial score (nSPS) is 11.2. The SMILES string of the molecule is CCCCN(C(=O)Cc1csc(-c2cccc(F)c2)n1)c1c(N)n(CC(C)C)c(=O)[nH]c1=O. The summed E-state index contributed by atoms with van der Waals surface area (Å²) in [5.74, 6) is -0.635. The highest BCUT2D eigenvalue weighted by Crippen LogP contribution is 2.25. The molecule has 0 bridgehead atoms. The Kier molecular flexibility index (Phi) is 7.80. The van der Waals surface area contributed by atoms with Crippen LogP contribution in [-0.4, -0.2) is 27.0 Å². The molecule has 33 heavy (non-hydrogen) atoms. The van der Waals surface area contributed by atoms with E-state index >= 15 is 0 Å². The quantitative estimate of drug-likeness (QED) is 0.494. The van der Waals surface area contributed by atoms with Crippen molar-refractivity contribution < 1.29 is 9.18 Å². The van der Waals surface area contributed by atoms with Gasteiger partial charge in [-0.25, -0.2) is 14.2 Å². The molecule has 0 saturated carbocycles. The fourth-order valence-electron chi connectivity index (χ4n) is 3.45. The maximum Gasteiger partial charge on any atom is 0.330 e. The van der Waals surface area contributed by atoms with E-state index in [1.165, 1.54) is 32.9 Å². The van der Waals surface area contributed by atoms with Crippen LogP contribution in [0.1, 0.15) is 39.3 Å². The van der Waals surface area contributed by atoms with E-state index in [1.807, 2.05) is 20.8 Å². The molecular formula is C23H28FN5O3S. The first-order valence-electron chi connectivity index (χ1n) is 10.8. The number of aromatic nitrogens is 3. The smallest absolute Gasteiger partial charge is 0.330 e. The van der Waals surface area contributed by atoms with Crippen LogP contribution in [-0.2, 0) is 17.8 Å². The highest BCUT2D eigenvalue weighted by atomic mass is 32.1. The van der Waals surface area contributed by atoms with Gasteiger partial charge >= 0.3 is 5.69 Å². The number of nitrogens with two attached hydrogens (primary N) is 1. The van der Waals surface area contributed by atoms with Gasteiger partial charge in [-0.05, 0) is 24.5 Å². The molecule has 0 unspecified atom stereocenters. The number of nitrogens with one attached hydrogen (secondary N) is 1. The van der Waals surface area contributed by atoms with Crippen LogP contribution < -0.4 is 21.9 Å². The van der Waals surface area contributed by atoms with E-state index in [2.05, 4.69) is 9.97 Å². The number of carbonyl (C=O) groups is 1. The van der Waals surface area contributed by atoms with Gasteiger partial charge in [0.1, 0.15) is 16.6 Å². The third-order valence-corrected chi connectivity index (χ3v) is 5.96. The van der Waals surface area contributed by atoms with Crippen molar-refractivity contribution in [1.82, 2.24) is 14.5 Å². The van der Waals surface area contributed by atoms with E-state index in [-0.39, 0.29) is 42.1 Å². The Morgan fingerprint density at radius 2 is 2.09 bits per heavy atom. The number of rotatable bonds is 9. The molecule has 1 aromatic carbocycles. The molecule has 0 aliphatic heterocycles. The van der Waals surface area contributed by atoms with Crippen LogP contribution in [0.4, 0.5) is 15.9 Å². The lowest BCUT2D eigenvalue weighted by atomic mass is 10.2. The van der Waals surface area contributed by atoms with Crippen LogP contribution in [0.2, 0.25) is 0 Å². The fraction of sp³-hybridized carbons (Fsp3) is 0.391. The van der Waals surface area contributed by atoms with Gasteiger partial charge < -0.3 is 10.6 Å². The number of hydrogen-bond acceptors (Lipinski definition) is 6. The average Bonchev–Trinajstić information content (AvgIpc) is 3.21. The zero-order valence-corrected chi connectivity index (χ0v) is 19.7. The number of anilines is 2. The van der Waals surface area contributed by atoms with Crippen LogP contribution in [0, 0.1) is 11.7 Å². The molecule has 3 N–H and O–H groups in total. The van der Waals surface area contributed by atoms with E-state index < -0.39 is 11.2 Å². The molecule has 8 nitrogen and oxygen atoms in total. The largest absolute Gasteiger partial charge is 0.383 e. The van der Waals surface area contributed by atoms with Crippen LogP contribution in [0.15, 0.2) is 39.2 Å². The Bertz CT molecular complexity index is 1250. The summed E-state index contributed by atoms with van der Waals surface area (Å²) >= 11 is 1.31. The summed E-state index contributed by atoms with van der Waals surface area (Å²) in [5, 5.41) is 2.34. The van der Waals surface area contributed by atoms with Crippen molar-refractivity contribution in [2.75, 3.05) is 17.2 Å². The Balaban J connectivity index is 1.93. The summed E-state index contributed by atoms with van der Waals surface area (Å²) in [4.78, 5) is 46.4. The van der Waals surface area contributed by atoms with Gasteiger partial charge in [0.05, 0.1) is 12.1 Å². The monoisotopic (exact) mass is 473 g/mol. The number of hydrogen-bond donors (Lipinski definition) is 2. The predicted molar refractivity (Wildman–Crippen MR) is 129 cm³/mol. The highest BCUT2D eigenvalue weighted by Gasteiger charge is 2.25. The minimum Gasteiger partial charge on any atom is -0.383 e. The zero-order chi connectivity index (χ0) is 24.1. The molecule has 0 spiro atoms. The number of unbranched alkanes of at least 4 members (excludes halogenated alkanes) is 1. The van der Waals surface area contributed by atoms with Gasteiger partial charge in [0, 0.05) is 24.0 Å². The lowest BCUT2D eigenvalue weighted by molar-refractivity contribution is -0.118. The van der Waals surface area contributed by atoms with Crippen LogP contribution in [0.3, 0.4) is 0 Å². The van der Waals surface area contributed by atoms with Crippen molar-refractivity contribution in [3.8, 4) is 10.6 Å². The van der Waals surface area contributed by atoms with Crippen molar-refractivity contribution in [2.45, 2.75) is 46.6 Å². The molecule has 0 aliphatic carbocycles. The second-order valence-corrected chi connectivity index (χ2v) is 9.09. The number of nitrogens with zero attached hydrogens (tertiary/aromatic N) is 3. The van der Waals surface area contributed by atoms with Gasteiger partial charge in [0.2, 0.25) is 5.91 Å². The van der Waals surface area contributed by atoms with Gasteiger partial charge in [-0.2, -0.15) is 0 Å². The first-order chi connectivity index (χ1) is 15.7. The van der Waals surface area contributed by atoms with E-state index in [9.17, 15) is 18.8 Å². The van der Waals surface area contributed by atoms with Gasteiger partial charge in [-0.1, -0.05) is 39.3 Å². The van der Waals surface area contributed by atoms with E-state index in [0.717, 1.165) is 6.42 Å². The summed E-state index contributed by atoms with van der Waals surface area (Å²) in [6.45, 7) is 6.42. The number of carbonyl (C=O) groups excluding carboxylic acids is 1. The first kappa shape index (κ1) is 24.4. The lowest BCUT2D eigenvalue weighted by Gasteiger charge is -2.24. The van der Waals surface area contributed by atoms with Gasteiger partial charge in [0.15, 0.2) is 5.69 Å². The topological polar surface area (TPSA) is 114 Å². The third kappa shape index (κ3) is 5.75. The molecule has 0 atom stereocenters. The molecule has 0 fully saturated rings. The van der Waals surface area contributed by atoms with Gasteiger partial charge in [0.25, 0.3) is 5.56 Å². The summed E-state index contributed by atoms with van der Waals surface area (Å²) in [6, 6.07) is 6.09. The maximum atomic E-state index is 13.5. The fourth-order valence-corrected chi connectivity index (χ4v) is 4.27. The third-order valence-electron chi connectivity index (χ3n) is 5.02. The number of thiazole rings is 1. The minimum atomic E-state index is -0.694. The molecule has 0 radical (unpaired) electrons. The predicted octanol–water partition coefficient (Wildman–Crippen LogP) is 3.41. The van der Waals surface area contributed by atoms with Crippen molar-refractivity contribution >= 4 is 28.7 Å². The molecule has 176 valence electrons. The second-order valence-electron chi connectivity index (χ2n) is 8.23. The van der Waals surface area contributed by atoms with E-state index in [1.54, 1.807) is 17.5 Å². The van der Waals surface area contributed by atoms with Gasteiger partial charge in [-0.15, -0.1) is 11.3 Å². The molecule has 0 saturated heterocycles. The second kappa shape index (κ2) is 10.6. The molecular weight excluding hydrogens is 445 g/mol. The summed E-state index contributed by atoms with van der Waals surface area (Å²) in [6.07, 6.45) is 1.39. The Labute approximate surface area is 194 Å². The Morgan fingerprint density at radius 1 is 1.33 bits per heavy atom. The van der Waals surface area contributed by atoms with E-state index in [0.29, 0.717) is 29.2 Å². The Hall–Kier alpha value is -3.27. The number of amides is 1. The van der Waals surface area contributed by atoms with Crippen molar-refractivity contribution in [1.29, 1.82) is 0 Å². The average molecular weight is 474 g/mol. The molecule has 2 aromatic heterocycles. The van der Waals surface area contributed by atoms with E-state index in [4.69, 9.17) is 5.73 Å². The molecule has 1 amide bonds. The highest BCUT2D eigenvalue weighted by molar-refractivity contribution is 7.13. The number of benzene rings is 1. The molecule has 2 heterocycles. The number of H-pyrrole nitrogens is 1. The maximum absolute atomic E-state index is 13.5. The lowest BCUT2D eigenvalue weighted by Crippen LogP contribution is -2.42. The molecule has 3 aromatic rings. The van der Waals surface area contributed by atoms with Crippen LogP contribution >= 0.6 is 11.3 Å². The summed E-state index contributed by atoms with van der Waals surface area (Å²) < 4.78 is 14.8. The number of aromatic amines is 1. The summed E-state index contributed by atoms with van der Waals surface area (Å²) in [5.41, 5.74) is 6.06. The zero-order valence-electron chi connectivity index (χ0n) is 18.9. The Morgan fingerprint density at radius 3 is 2.76 bits per heavy atom.